The molecule has 9 nitrogen and oxygen atoms in total. The van der Waals surface area contributed by atoms with E-state index in [1.54, 1.807) is 0 Å². The molecule has 2 aromatic heterocycles. The highest BCUT2D eigenvalue weighted by atomic mass is 32.2. The minimum atomic E-state index is -0.377. The number of H-pyrrole nitrogens is 1. The van der Waals surface area contributed by atoms with Gasteiger partial charge in [-0.3, -0.25) is 9.78 Å². The first-order valence-corrected chi connectivity index (χ1v) is 12.6. The van der Waals surface area contributed by atoms with Gasteiger partial charge < -0.3 is 15.2 Å². The topological polar surface area (TPSA) is 116 Å². The molecule has 4 rings (SSSR count). The number of nitrogens with one attached hydrogen (secondary N) is 2. The smallest absolute Gasteiger partial charge is 0.291 e. The predicted molar refractivity (Wildman–Crippen MR) is 131 cm³/mol. The number of nitrogens with zero attached hydrogens (tertiary/aromatic N) is 4. The van der Waals surface area contributed by atoms with Crippen molar-refractivity contribution in [1.29, 1.82) is 5.26 Å². The van der Waals surface area contributed by atoms with Crippen LogP contribution >= 0.6 is 12.0 Å². The lowest BCUT2D eigenvalue weighted by Crippen LogP contribution is -2.34. The van der Waals surface area contributed by atoms with E-state index in [-0.39, 0.29) is 17.4 Å². The van der Waals surface area contributed by atoms with E-state index < -0.39 is 0 Å². The number of imidazole rings is 1. The number of carbonyl (C=O) groups is 1. The van der Waals surface area contributed by atoms with Gasteiger partial charge in [0, 0.05) is 36.0 Å². The number of piperidine rings is 1. The SMILES string of the molecule is COOSCCN1CCC(c2ccc(NC(=O)c3ncc(C#N)[nH]3)c(C3=CCCCC3)n2)CC1. The van der Waals surface area contributed by atoms with Crippen LogP contribution in [0.3, 0.4) is 0 Å². The molecule has 0 aromatic carbocycles. The summed E-state index contributed by atoms with van der Waals surface area (Å²) < 4.78 is 4.88. The quantitative estimate of drug-likeness (QED) is 0.235. The zero-order valence-corrected chi connectivity index (χ0v) is 20.2. The van der Waals surface area contributed by atoms with Crippen molar-refractivity contribution >= 4 is 29.2 Å². The Morgan fingerprint density at radius 3 is 2.91 bits per heavy atom. The number of amides is 1. The maximum absolute atomic E-state index is 12.7. The van der Waals surface area contributed by atoms with E-state index in [2.05, 4.69) is 31.1 Å². The van der Waals surface area contributed by atoms with Gasteiger partial charge in [-0.1, -0.05) is 6.08 Å². The minimum absolute atomic E-state index is 0.116. The summed E-state index contributed by atoms with van der Waals surface area (Å²) in [6.45, 7) is 3.02. The van der Waals surface area contributed by atoms with Gasteiger partial charge in [0.05, 0.1) is 24.7 Å². The van der Waals surface area contributed by atoms with Crippen LogP contribution in [0.15, 0.2) is 24.4 Å². The molecular formula is C24H30N6O3S. The molecule has 2 aliphatic rings. The third kappa shape index (κ3) is 6.24. The Labute approximate surface area is 204 Å². The van der Waals surface area contributed by atoms with E-state index in [0.717, 1.165) is 68.9 Å². The number of aromatic nitrogens is 3. The number of hydrogen-bond donors (Lipinski definition) is 2. The predicted octanol–water partition coefficient (Wildman–Crippen LogP) is 4.29. The Bertz CT molecular complexity index is 1060. The largest absolute Gasteiger partial charge is 0.326 e. The molecule has 1 aliphatic heterocycles. The maximum Gasteiger partial charge on any atom is 0.291 e. The standard InChI is InChI=1S/C24H30N6O3S/c1-32-33-34-14-13-30-11-9-17(10-12-30)20-7-8-21(22(28-20)18-5-3-2-4-6-18)29-24(31)23-26-16-19(15-25)27-23/h5,7-8,16-17H,2-4,6,9-14H2,1H3,(H,26,27)(H,29,31). The highest BCUT2D eigenvalue weighted by Crippen LogP contribution is 2.34. The fraction of sp³-hybridized carbons (Fsp3) is 0.500. The Kier molecular flexibility index (Phi) is 8.71. The van der Waals surface area contributed by atoms with Crippen LogP contribution in [0.2, 0.25) is 0 Å². The highest BCUT2D eigenvalue weighted by Gasteiger charge is 2.24. The maximum atomic E-state index is 12.7. The zero-order valence-electron chi connectivity index (χ0n) is 19.4. The van der Waals surface area contributed by atoms with E-state index in [0.29, 0.717) is 11.6 Å². The molecule has 10 heteroatoms. The van der Waals surface area contributed by atoms with Crippen molar-refractivity contribution in [2.24, 2.45) is 0 Å². The molecule has 1 fully saturated rings. The van der Waals surface area contributed by atoms with E-state index in [1.165, 1.54) is 37.3 Å². The number of pyridine rings is 1. The van der Waals surface area contributed by atoms with Crippen molar-refractivity contribution in [1.82, 2.24) is 19.9 Å². The first-order chi connectivity index (χ1) is 16.7. The molecule has 1 amide bonds. The Balaban J connectivity index is 1.47. The summed E-state index contributed by atoms with van der Waals surface area (Å²) in [5.74, 6) is 1.01. The molecule has 1 aliphatic carbocycles. The van der Waals surface area contributed by atoms with Crippen molar-refractivity contribution < 1.29 is 14.0 Å². The molecule has 0 spiro atoms. The van der Waals surface area contributed by atoms with Crippen molar-refractivity contribution in [3.05, 3.63) is 47.3 Å². The van der Waals surface area contributed by atoms with Gasteiger partial charge in [-0.25, -0.2) is 9.87 Å². The lowest BCUT2D eigenvalue weighted by Gasteiger charge is -2.31. The molecule has 0 radical (unpaired) electrons. The summed E-state index contributed by atoms with van der Waals surface area (Å²) in [5, 5.41) is 11.9. The van der Waals surface area contributed by atoms with Crippen LogP contribution in [0.1, 0.15) is 72.1 Å². The molecular weight excluding hydrogens is 452 g/mol. The summed E-state index contributed by atoms with van der Waals surface area (Å²) in [6.07, 6.45) is 10.00. The lowest BCUT2D eigenvalue weighted by molar-refractivity contribution is -0.160. The van der Waals surface area contributed by atoms with Crippen LogP contribution in [0.4, 0.5) is 5.69 Å². The normalized spacial score (nSPS) is 17.2. The number of hydrogen-bond acceptors (Lipinski definition) is 8. The van der Waals surface area contributed by atoms with Gasteiger partial charge in [0.25, 0.3) is 5.91 Å². The fourth-order valence-electron chi connectivity index (χ4n) is 4.48. The third-order valence-corrected chi connectivity index (χ3v) is 6.87. The third-order valence-electron chi connectivity index (χ3n) is 6.28. The van der Waals surface area contributed by atoms with Crippen LogP contribution in [-0.2, 0) is 9.22 Å². The molecule has 1 saturated heterocycles. The second kappa shape index (κ2) is 12.1. The van der Waals surface area contributed by atoms with Crippen LogP contribution in [0.5, 0.6) is 0 Å². The van der Waals surface area contributed by atoms with Crippen LogP contribution < -0.4 is 5.32 Å². The molecule has 2 N–H and O–H groups in total. The molecule has 180 valence electrons. The number of allylic oxidation sites excluding steroid dienone is 2. The molecule has 3 heterocycles. The molecule has 0 unspecified atom stereocenters. The van der Waals surface area contributed by atoms with Gasteiger partial charge in [-0.15, -0.1) is 0 Å². The van der Waals surface area contributed by atoms with Gasteiger partial charge in [0.2, 0.25) is 0 Å². The minimum Gasteiger partial charge on any atom is -0.326 e. The highest BCUT2D eigenvalue weighted by molar-refractivity contribution is 7.94. The molecule has 34 heavy (non-hydrogen) atoms. The lowest BCUT2D eigenvalue weighted by atomic mass is 9.91. The Morgan fingerprint density at radius 2 is 2.21 bits per heavy atom. The first-order valence-electron chi connectivity index (χ1n) is 11.7. The zero-order chi connectivity index (χ0) is 23.8. The number of likely N-dealkylation sites (tertiary alicyclic amines) is 1. The summed E-state index contributed by atoms with van der Waals surface area (Å²) in [7, 11) is 1.52. The van der Waals surface area contributed by atoms with Gasteiger partial charge in [0.1, 0.15) is 11.8 Å². The second-order valence-corrected chi connectivity index (χ2v) is 9.27. The molecule has 0 atom stereocenters. The van der Waals surface area contributed by atoms with Crippen LogP contribution in [-0.4, -0.2) is 58.3 Å². The Morgan fingerprint density at radius 1 is 1.35 bits per heavy atom. The fourth-order valence-corrected chi connectivity index (χ4v) is 4.97. The van der Waals surface area contributed by atoms with Gasteiger partial charge in [-0.2, -0.15) is 9.60 Å². The number of aromatic amines is 1. The molecule has 0 bridgehead atoms. The van der Waals surface area contributed by atoms with Gasteiger partial charge in [0.15, 0.2) is 5.82 Å². The molecule has 0 saturated carbocycles. The number of carbonyl (C=O) groups excluding carboxylic acids is 1. The van der Waals surface area contributed by atoms with Gasteiger partial charge in [-0.05, 0) is 69.3 Å². The van der Waals surface area contributed by atoms with Crippen molar-refractivity contribution in [3.63, 3.8) is 0 Å². The second-order valence-electron chi connectivity index (χ2n) is 8.49. The number of anilines is 1. The number of nitriles is 1. The number of rotatable bonds is 9. The van der Waals surface area contributed by atoms with Gasteiger partial charge >= 0.3 is 0 Å². The molecule has 2 aromatic rings. The van der Waals surface area contributed by atoms with Crippen molar-refractivity contribution in [2.45, 2.75) is 44.4 Å². The van der Waals surface area contributed by atoms with E-state index in [4.69, 9.17) is 14.6 Å². The van der Waals surface area contributed by atoms with E-state index in [1.807, 2.05) is 18.2 Å². The van der Waals surface area contributed by atoms with Crippen molar-refractivity contribution in [3.8, 4) is 6.07 Å². The van der Waals surface area contributed by atoms with Crippen LogP contribution in [0, 0.1) is 11.3 Å². The van der Waals surface area contributed by atoms with E-state index in [9.17, 15) is 4.79 Å². The van der Waals surface area contributed by atoms with Crippen LogP contribution in [0.25, 0.3) is 5.57 Å². The summed E-state index contributed by atoms with van der Waals surface area (Å²) in [5.41, 5.74) is 4.07. The summed E-state index contributed by atoms with van der Waals surface area (Å²) in [6, 6.07) is 5.96. The summed E-state index contributed by atoms with van der Waals surface area (Å²) in [4.78, 5) is 31.6. The van der Waals surface area contributed by atoms with Crippen molar-refractivity contribution in [2.75, 3.05) is 37.8 Å². The average molecular weight is 483 g/mol. The first kappa shape index (κ1) is 24.4. The average Bonchev–Trinajstić information content (AvgIpc) is 3.38. The monoisotopic (exact) mass is 482 g/mol. The van der Waals surface area contributed by atoms with E-state index >= 15 is 0 Å². The Hall–Kier alpha value is -2.71. The summed E-state index contributed by atoms with van der Waals surface area (Å²) >= 11 is 1.33.